The highest BCUT2D eigenvalue weighted by molar-refractivity contribution is 5.63. The summed E-state index contributed by atoms with van der Waals surface area (Å²) < 4.78 is 30.1. The van der Waals surface area contributed by atoms with E-state index in [9.17, 15) is 0 Å². The van der Waals surface area contributed by atoms with Crippen molar-refractivity contribution < 1.29 is 23.7 Å². The van der Waals surface area contributed by atoms with E-state index in [0.717, 1.165) is 47.5 Å². The van der Waals surface area contributed by atoms with Crippen LogP contribution in [0.4, 0.5) is 0 Å². The Bertz CT molecular complexity index is 910. The monoisotopic (exact) mass is 426 g/mol. The molecular weight excluding hydrogens is 392 g/mol. The molecule has 4 rings (SSSR count). The Kier molecular flexibility index (Phi) is 6.56. The summed E-state index contributed by atoms with van der Waals surface area (Å²) in [6.07, 6.45) is 2.32. The van der Waals surface area contributed by atoms with Gasteiger partial charge in [-0.2, -0.15) is 0 Å². The lowest BCUT2D eigenvalue weighted by Crippen LogP contribution is -2.17. The minimum atomic E-state index is -0.164. The van der Waals surface area contributed by atoms with Crippen LogP contribution in [0.3, 0.4) is 0 Å². The zero-order chi connectivity index (χ0) is 22.0. The first kappa shape index (κ1) is 22.1. The van der Waals surface area contributed by atoms with E-state index >= 15 is 0 Å². The fraction of sp³-hybridized carbons (Fsp3) is 0.538. The molecule has 0 aromatic heterocycles. The average molecular weight is 427 g/mol. The molecule has 0 radical (unpaired) electrons. The number of benzene rings is 2. The molecule has 3 atom stereocenters. The lowest BCUT2D eigenvalue weighted by atomic mass is 9.83. The first-order valence-corrected chi connectivity index (χ1v) is 11.2. The molecular formula is C26H34O5. The standard InChI is InChI=1S/C26H34O5/c1-6-30-21-15-26(3)14-20-22(25(26)31-21)24(28-5)19(17(2)23(20)27-4)12-13-29-16-18-10-8-7-9-11-18/h7-11,21,25H,6,12-16H2,1-5H3/t21?,25-,26-/m1/s1. The van der Waals surface area contributed by atoms with Crippen molar-refractivity contribution in [2.24, 2.45) is 5.41 Å². The zero-order valence-electron chi connectivity index (χ0n) is 19.3. The van der Waals surface area contributed by atoms with Crippen LogP contribution in [0.25, 0.3) is 0 Å². The van der Waals surface area contributed by atoms with Crippen molar-refractivity contribution in [2.45, 2.75) is 59.0 Å². The summed E-state index contributed by atoms with van der Waals surface area (Å²) in [4.78, 5) is 0. The zero-order valence-corrected chi connectivity index (χ0v) is 19.3. The van der Waals surface area contributed by atoms with Crippen molar-refractivity contribution >= 4 is 0 Å². The molecule has 5 nitrogen and oxygen atoms in total. The third-order valence-electron chi connectivity index (χ3n) is 6.68. The first-order chi connectivity index (χ1) is 15.0. The summed E-state index contributed by atoms with van der Waals surface area (Å²) >= 11 is 0. The van der Waals surface area contributed by atoms with E-state index in [1.165, 1.54) is 11.1 Å². The fourth-order valence-electron chi connectivity index (χ4n) is 5.28. The largest absolute Gasteiger partial charge is 0.496 e. The quantitative estimate of drug-likeness (QED) is 0.519. The molecule has 0 saturated carbocycles. The van der Waals surface area contributed by atoms with Crippen LogP contribution < -0.4 is 9.47 Å². The SMILES string of the molecule is CCOC1C[C@@]2(C)Cc3c(OC)c(C)c(CCOCc4ccccc4)c(OC)c3[C@H]2O1. The van der Waals surface area contributed by atoms with Gasteiger partial charge in [-0.05, 0) is 37.8 Å². The second-order valence-electron chi connectivity index (χ2n) is 8.79. The number of rotatable bonds is 9. The molecule has 2 aromatic carbocycles. The minimum absolute atomic E-state index is 0.0163. The third-order valence-corrected chi connectivity index (χ3v) is 6.68. The highest BCUT2D eigenvalue weighted by Gasteiger charge is 2.54. The first-order valence-electron chi connectivity index (χ1n) is 11.2. The lowest BCUT2D eigenvalue weighted by molar-refractivity contribution is -0.133. The van der Waals surface area contributed by atoms with Gasteiger partial charge in [-0.25, -0.2) is 0 Å². The molecule has 0 amide bonds. The molecule has 1 unspecified atom stereocenters. The van der Waals surface area contributed by atoms with Crippen LogP contribution in [0, 0.1) is 12.3 Å². The van der Waals surface area contributed by atoms with Gasteiger partial charge >= 0.3 is 0 Å². The third kappa shape index (κ3) is 4.07. The molecule has 31 heavy (non-hydrogen) atoms. The number of hydrogen-bond donors (Lipinski definition) is 0. The van der Waals surface area contributed by atoms with Gasteiger partial charge in [0.1, 0.15) is 11.5 Å². The summed E-state index contributed by atoms with van der Waals surface area (Å²) in [7, 11) is 3.51. The van der Waals surface area contributed by atoms with Gasteiger partial charge in [0.25, 0.3) is 0 Å². The molecule has 0 bridgehead atoms. The van der Waals surface area contributed by atoms with Crippen LogP contribution in [0.2, 0.25) is 0 Å². The lowest BCUT2D eigenvalue weighted by Gasteiger charge is -2.24. The number of methoxy groups -OCH3 is 2. The van der Waals surface area contributed by atoms with E-state index in [1.54, 1.807) is 14.2 Å². The molecule has 1 aliphatic heterocycles. The summed E-state index contributed by atoms with van der Waals surface area (Å²) in [6, 6.07) is 10.2. The van der Waals surface area contributed by atoms with Crippen LogP contribution in [0.1, 0.15) is 54.2 Å². The van der Waals surface area contributed by atoms with Crippen molar-refractivity contribution in [2.75, 3.05) is 27.4 Å². The van der Waals surface area contributed by atoms with Crippen LogP contribution in [-0.2, 0) is 33.7 Å². The molecule has 0 N–H and O–H groups in total. The number of hydrogen-bond acceptors (Lipinski definition) is 5. The van der Waals surface area contributed by atoms with Crippen molar-refractivity contribution in [3.8, 4) is 11.5 Å². The van der Waals surface area contributed by atoms with Crippen molar-refractivity contribution in [3.05, 3.63) is 58.1 Å². The topological polar surface area (TPSA) is 46.2 Å². The van der Waals surface area contributed by atoms with E-state index in [4.69, 9.17) is 23.7 Å². The van der Waals surface area contributed by atoms with Gasteiger partial charge < -0.3 is 23.7 Å². The van der Waals surface area contributed by atoms with E-state index < -0.39 is 0 Å². The van der Waals surface area contributed by atoms with Gasteiger partial charge in [0.05, 0.1) is 33.5 Å². The van der Waals surface area contributed by atoms with Crippen LogP contribution in [0.5, 0.6) is 11.5 Å². The van der Waals surface area contributed by atoms with Crippen LogP contribution in [0.15, 0.2) is 30.3 Å². The highest BCUT2D eigenvalue weighted by Crippen LogP contribution is 2.61. The molecule has 168 valence electrons. The normalized spacial score (nSPS) is 24.2. The molecule has 1 aliphatic carbocycles. The number of ether oxygens (including phenoxy) is 5. The van der Waals surface area contributed by atoms with Crippen LogP contribution in [-0.4, -0.2) is 33.7 Å². The molecule has 2 aromatic rings. The Labute approximate surface area is 185 Å². The van der Waals surface area contributed by atoms with E-state index in [-0.39, 0.29) is 17.8 Å². The van der Waals surface area contributed by atoms with E-state index in [0.29, 0.717) is 19.8 Å². The predicted molar refractivity (Wildman–Crippen MR) is 120 cm³/mol. The summed E-state index contributed by atoms with van der Waals surface area (Å²) in [5.74, 6) is 1.88. The summed E-state index contributed by atoms with van der Waals surface area (Å²) in [5.41, 5.74) is 5.78. The van der Waals surface area contributed by atoms with Crippen molar-refractivity contribution in [1.82, 2.24) is 0 Å². The fourth-order valence-corrected chi connectivity index (χ4v) is 5.28. The Morgan fingerprint density at radius 3 is 2.52 bits per heavy atom. The van der Waals surface area contributed by atoms with Gasteiger partial charge in [0, 0.05) is 35.1 Å². The Hall–Kier alpha value is -2.08. The Balaban J connectivity index is 1.61. The second kappa shape index (κ2) is 9.19. The maximum absolute atomic E-state index is 6.39. The average Bonchev–Trinajstić information content (AvgIpc) is 3.22. The summed E-state index contributed by atoms with van der Waals surface area (Å²) in [6.45, 7) is 8.28. The summed E-state index contributed by atoms with van der Waals surface area (Å²) in [5, 5.41) is 0. The van der Waals surface area contributed by atoms with Crippen LogP contribution >= 0.6 is 0 Å². The van der Waals surface area contributed by atoms with Crippen molar-refractivity contribution in [1.29, 1.82) is 0 Å². The molecule has 5 heteroatoms. The minimum Gasteiger partial charge on any atom is -0.496 e. The molecule has 1 fully saturated rings. The van der Waals surface area contributed by atoms with Gasteiger partial charge in [-0.15, -0.1) is 0 Å². The predicted octanol–water partition coefficient (Wildman–Crippen LogP) is 5.16. The van der Waals surface area contributed by atoms with Gasteiger partial charge in [0.15, 0.2) is 6.29 Å². The molecule has 1 heterocycles. The Morgan fingerprint density at radius 1 is 1.10 bits per heavy atom. The molecule has 2 aliphatic rings. The van der Waals surface area contributed by atoms with Crippen molar-refractivity contribution in [3.63, 3.8) is 0 Å². The smallest absolute Gasteiger partial charge is 0.159 e. The van der Waals surface area contributed by atoms with Gasteiger partial charge in [0.2, 0.25) is 0 Å². The van der Waals surface area contributed by atoms with Gasteiger partial charge in [-0.1, -0.05) is 37.3 Å². The van der Waals surface area contributed by atoms with E-state index in [1.807, 2.05) is 25.1 Å². The number of fused-ring (bicyclic) bond motifs is 3. The highest BCUT2D eigenvalue weighted by atomic mass is 16.7. The van der Waals surface area contributed by atoms with Gasteiger partial charge in [-0.3, -0.25) is 0 Å². The Morgan fingerprint density at radius 2 is 1.84 bits per heavy atom. The van der Waals surface area contributed by atoms with E-state index in [2.05, 4.69) is 26.0 Å². The molecule has 1 saturated heterocycles. The maximum Gasteiger partial charge on any atom is 0.159 e. The second-order valence-corrected chi connectivity index (χ2v) is 8.79. The maximum atomic E-state index is 6.39. The molecule has 0 spiro atoms.